The predicted molar refractivity (Wildman–Crippen MR) is 81.5 cm³/mol. The highest BCUT2D eigenvalue weighted by Crippen LogP contribution is 2.16. The number of amides is 1. The summed E-state index contributed by atoms with van der Waals surface area (Å²) in [4.78, 5) is 15.9. The van der Waals surface area contributed by atoms with Crippen molar-refractivity contribution in [2.24, 2.45) is 11.5 Å². The second-order valence-corrected chi connectivity index (χ2v) is 5.70. The van der Waals surface area contributed by atoms with Crippen LogP contribution in [0.2, 0.25) is 0 Å². The molecule has 1 atom stereocenters. The van der Waals surface area contributed by atoms with Crippen molar-refractivity contribution in [3.63, 3.8) is 0 Å². The molecular formula is C15H24N4O. The third-order valence-corrected chi connectivity index (χ3v) is 4.00. The molecule has 1 amide bonds. The lowest BCUT2D eigenvalue weighted by Gasteiger charge is -2.37. The highest BCUT2D eigenvalue weighted by Gasteiger charge is 2.27. The molecule has 1 unspecified atom stereocenters. The Kier molecular flexibility index (Phi) is 4.62. The summed E-state index contributed by atoms with van der Waals surface area (Å²) in [6.45, 7) is 6.51. The molecule has 5 nitrogen and oxygen atoms in total. The number of anilines is 1. The van der Waals surface area contributed by atoms with Crippen molar-refractivity contribution in [1.82, 2.24) is 4.90 Å². The lowest BCUT2D eigenvalue weighted by molar-refractivity contribution is -0.122. The molecule has 0 radical (unpaired) electrons. The lowest BCUT2D eigenvalue weighted by Crippen LogP contribution is -2.53. The molecule has 110 valence electrons. The molecule has 0 saturated carbocycles. The van der Waals surface area contributed by atoms with Crippen LogP contribution in [-0.4, -0.2) is 49.1 Å². The highest BCUT2D eigenvalue weighted by atomic mass is 16.1. The SMILES string of the molecule is CC(N)(CCN1CCN(c2ccccc2)CC1)C(N)=O. The smallest absolute Gasteiger partial charge is 0.237 e. The predicted octanol–water partition coefficient (Wildman–Crippen LogP) is 0.401. The molecule has 1 aliphatic heterocycles. The van der Waals surface area contributed by atoms with E-state index in [4.69, 9.17) is 11.5 Å². The Morgan fingerprint density at radius 3 is 2.35 bits per heavy atom. The van der Waals surface area contributed by atoms with E-state index >= 15 is 0 Å². The molecule has 0 aromatic heterocycles. The molecule has 4 N–H and O–H groups in total. The van der Waals surface area contributed by atoms with Gasteiger partial charge in [0, 0.05) is 38.4 Å². The number of carbonyl (C=O) groups is 1. The molecule has 1 heterocycles. The van der Waals surface area contributed by atoms with Crippen LogP contribution in [0.25, 0.3) is 0 Å². The summed E-state index contributed by atoms with van der Waals surface area (Å²) in [6.07, 6.45) is 0.605. The number of carbonyl (C=O) groups excluding carboxylic acids is 1. The lowest BCUT2D eigenvalue weighted by atomic mass is 9.98. The minimum atomic E-state index is -0.906. The maximum Gasteiger partial charge on any atom is 0.237 e. The maximum absolute atomic E-state index is 11.2. The molecule has 1 saturated heterocycles. The van der Waals surface area contributed by atoms with Crippen LogP contribution in [0, 0.1) is 0 Å². The Bertz CT molecular complexity index is 438. The van der Waals surface area contributed by atoms with Gasteiger partial charge in [-0.05, 0) is 25.5 Å². The largest absolute Gasteiger partial charge is 0.369 e. The first-order chi connectivity index (χ1) is 9.49. The van der Waals surface area contributed by atoms with E-state index in [-0.39, 0.29) is 0 Å². The van der Waals surface area contributed by atoms with Gasteiger partial charge in [0.1, 0.15) is 0 Å². The molecule has 1 fully saturated rings. The van der Waals surface area contributed by atoms with Gasteiger partial charge in [0.2, 0.25) is 5.91 Å². The quantitative estimate of drug-likeness (QED) is 0.816. The first-order valence-corrected chi connectivity index (χ1v) is 7.10. The van der Waals surface area contributed by atoms with Gasteiger partial charge < -0.3 is 16.4 Å². The minimum absolute atomic E-state index is 0.430. The number of benzene rings is 1. The summed E-state index contributed by atoms with van der Waals surface area (Å²) in [5.41, 5.74) is 11.5. The van der Waals surface area contributed by atoms with E-state index in [1.807, 2.05) is 6.07 Å². The molecule has 2 rings (SSSR count). The summed E-state index contributed by atoms with van der Waals surface area (Å²) >= 11 is 0. The molecule has 1 aromatic carbocycles. The first-order valence-electron chi connectivity index (χ1n) is 7.10. The van der Waals surface area contributed by atoms with Gasteiger partial charge in [0.05, 0.1) is 5.54 Å². The van der Waals surface area contributed by atoms with Gasteiger partial charge in [-0.1, -0.05) is 18.2 Å². The molecule has 0 spiro atoms. The summed E-state index contributed by atoms with van der Waals surface area (Å²) in [7, 11) is 0. The second-order valence-electron chi connectivity index (χ2n) is 5.70. The van der Waals surface area contributed by atoms with Gasteiger partial charge in [-0.25, -0.2) is 0 Å². The van der Waals surface area contributed by atoms with Crippen LogP contribution < -0.4 is 16.4 Å². The number of hydrogen-bond donors (Lipinski definition) is 2. The van der Waals surface area contributed by atoms with Gasteiger partial charge in [-0.2, -0.15) is 0 Å². The third kappa shape index (κ3) is 3.71. The van der Waals surface area contributed by atoms with Crippen LogP contribution in [0.15, 0.2) is 30.3 Å². The van der Waals surface area contributed by atoms with Crippen LogP contribution in [0.1, 0.15) is 13.3 Å². The van der Waals surface area contributed by atoms with E-state index in [9.17, 15) is 4.79 Å². The van der Waals surface area contributed by atoms with Crippen molar-refractivity contribution in [3.05, 3.63) is 30.3 Å². The molecule has 0 bridgehead atoms. The van der Waals surface area contributed by atoms with Crippen LogP contribution in [0.3, 0.4) is 0 Å². The van der Waals surface area contributed by atoms with Crippen molar-refractivity contribution < 1.29 is 4.79 Å². The molecule has 0 aliphatic carbocycles. The second kappa shape index (κ2) is 6.24. The van der Waals surface area contributed by atoms with Gasteiger partial charge >= 0.3 is 0 Å². The fourth-order valence-corrected chi connectivity index (χ4v) is 2.38. The van der Waals surface area contributed by atoms with Crippen LogP contribution in [-0.2, 0) is 4.79 Å². The van der Waals surface area contributed by atoms with E-state index in [0.717, 1.165) is 32.7 Å². The zero-order valence-corrected chi connectivity index (χ0v) is 12.1. The van der Waals surface area contributed by atoms with Crippen molar-refractivity contribution in [1.29, 1.82) is 0 Å². The molecule has 1 aliphatic rings. The topological polar surface area (TPSA) is 75.6 Å². The van der Waals surface area contributed by atoms with Crippen molar-refractivity contribution in [3.8, 4) is 0 Å². The Labute approximate surface area is 120 Å². The number of hydrogen-bond acceptors (Lipinski definition) is 4. The Morgan fingerprint density at radius 2 is 1.80 bits per heavy atom. The Balaban J connectivity index is 1.79. The minimum Gasteiger partial charge on any atom is -0.369 e. The maximum atomic E-state index is 11.2. The van der Waals surface area contributed by atoms with Gasteiger partial charge in [0.15, 0.2) is 0 Å². The van der Waals surface area contributed by atoms with Gasteiger partial charge in [-0.15, -0.1) is 0 Å². The monoisotopic (exact) mass is 276 g/mol. The van der Waals surface area contributed by atoms with Crippen LogP contribution in [0.4, 0.5) is 5.69 Å². The number of rotatable bonds is 5. The third-order valence-electron chi connectivity index (χ3n) is 4.00. The number of primary amides is 1. The van der Waals surface area contributed by atoms with Crippen molar-refractivity contribution in [2.45, 2.75) is 18.9 Å². The summed E-state index contributed by atoms with van der Waals surface area (Å²) < 4.78 is 0. The number of para-hydroxylation sites is 1. The van der Waals surface area contributed by atoms with Crippen LogP contribution >= 0.6 is 0 Å². The number of nitrogens with two attached hydrogens (primary N) is 2. The Hall–Kier alpha value is -1.59. The first kappa shape index (κ1) is 14.8. The van der Waals surface area contributed by atoms with E-state index in [1.54, 1.807) is 6.92 Å². The zero-order valence-electron chi connectivity index (χ0n) is 12.1. The summed E-state index contributed by atoms with van der Waals surface area (Å²) in [5.74, 6) is -0.430. The van der Waals surface area contributed by atoms with E-state index in [1.165, 1.54) is 5.69 Å². The zero-order chi connectivity index (χ0) is 14.6. The van der Waals surface area contributed by atoms with Gasteiger partial charge in [0.25, 0.3) is 0 Å². The van der Waals surface area contributed by atoms with Crippen molar-refractivity contribution >= 4 is 11.6 Å². The molecule has 5 heteroatoms. The average molecular weight is 276 g/mol. The molecule has 20 heavy (non-hydrogen) atoms. The Morgan fingerprint density at radius 1 is 1.20 bits per heavy atom. The van der Waals surface area contributed by atoms with Crippen LogP contribution in [0.5, 0.6) is 0 Å². The average Bonchev–Trinajstić information content (AvgIpc) is 2.46. The number of piperazine rings is 1. The molecule has 1 aromatic rings. The fraction of sp³-hybridized carbons (Fsp3) is 0.533. The van der Waals surface area contributed by atoms with E-state index in [2.05, 4.69) is 34.1 Å². The van der Waals surface area contributed by atoms with Gasteiger partial charge in [-0.3, -0.25) is 9.69 Å². The fourth-order valence-electron chi connectivity index (χ4n) is 2.38. The highest BCUT2D eigenvalue weighted by molar-refractivity contribution is 5.83. The standard InChI is InChI=1S/C15H24N4O/c1-15(17,14(16)20)7-8-18-9-11-19(12-10-18)13-5-3-2-4-6-13/h2-6H,7-12,17H2,1H3,(H2,16,20). The molecular weight excluding hydrogens is 252 g/mol. The summed E-state index contributed by atoms with van der Waals surface area (Å²) in [6, 6.07) is 10.4. The number of nitrogens with zero attached hydrogens (tertiary/aromatic N) is 2. The van der Waals surface area contributed by atoms with Crippen molar-refractivity contribution in [2.75, 3.05) is 37.6 Å². The normalized spacial score (nSPS) is 19.6. The van der Waals surface area contributed by atoms with E-state index < -0.39 is 11.4 Å². The summed E-state index contributed by atoms with van der Waals surface area (Å²) in [5, 5.41) is 0. The van der Waals surface area contributed by atoms with E-state index in [0.29, 0.717) is 6.42 Å².